The third kappa shape index (κ3) is 6.02. The van der Waals surface area contributed by atoms with Crippen molar-refractivity contribution in [3.05, 3.63) is 11.1 Å². The van der Waals surface area contributed by atoms with Crippen LogP contribution in [0.4, 0.5) is 5.13 Å². The zero-order valence-corrected chi connectivity index (χ0v) is 17.5. The second-order valence-corrected chi connectivity index (χ2v) is 8.98. The van der Waals surface area contributed by atoms with E-state index in [2.05, 4.69) is 15.6 Å². The summed E-state index contributed by atoms with van der Waals surface area (Å²) in [5.74, 6) is -0.0876. The summed E-state index contributed by atoms with van der Waals surface area (Å²) in [5, 5.41) is 7.86. The molecule has 28 heavy (non-hydrogen) atoms. The van der Waals surface area contributed by atoms with Gasteiger partial charge in [-0.25, -0.2) is 4.98 Å². The van der Waals surface area contributed by atoms with Gasteiger partial charge < -0.3 is 15.5 Å². The monoisotopic (exact) mass is 406 g/mol. The van der Waals surface area contributed by atoms with E-state index in [0.717, 1.165) is 38.5 Å². The van der Waals surface area contributed by atoms with Gasteiger partial charge in [-0.1, -0.05) is 19.3 Å². The van der Waals surface area contributed by atoms with Crippen LogP contribution in [-0.4, -0.2) is 46.2 Å². The van der Waals surface area contributed by atoms with Crippen LogP contribution in [0.2, 0.25) is 0 Å². The molecule has 0 spiro atoms. The van der Waals surface area contributed by atoms with Gasteiger partial charge in [0.2, 0.25) is 17.7 Å². The Kier molecular flexibility index (Phi) is 7.04. The lowest BCUT2D eigenvalue weighted by atomic mass is 9.88. The number of carbonyl (C=O) groups is 3. The molecule has 0 aliphatic heterocycles. The Labute approximate surface area is 170 Å². The number of nitrogens with one attached hydrogen (secondary N) is 2. The van der Waals surface area contributed by atoms with Gasteiger partial charge in [-0.3, -0.25) is 14.4 Å². The maximum absolute atomic E-state index is 12.9. The average molecular weight is 407 g/mol. The van der Waals surface area contributed by atoms with Crippen molar-refractivity contribution in [1.29, 1.82) is 0 Å². The van der Waals surface area contributed by atoms with Crippen molar-refractivity contribution < 1.29 is 14.4 Å². The maximum Gasteiger partial charge on any atom is 0.245 e. The van der Waals surface area contributed by atoms with E-state index in [1.54, 1.807) is 10.3 Å². The van der Waals surface area contributed by atoms with Crippen LogP contribution in [0.25, 0.3) is 0 Å². The third-order valence-corrected chi connectivity index (χ3v) is 5.94. The van der Waals surface area contributed by atoms with E-state index >= 15 is 0 Å². The van der Waals surface area contributed by atoms with Gasteiger partial charge in [0.1, 0.15) is 6.54 Å². The highest BCUT2D eigenvalue weighted by atomic mass is 32.1. The Morgan fingerprint density at radius 1 is 1.14 bits per heavy atom. The number of rotatable bonds is 8. The maximum atomic E-state index is 12.9. The normalized spacial score (nSPS) is 17.4. The predicted octanol–water partition coefficient (Wildman–Crippen LogP) is 2.72. The first-order chi connectivity index (χ1) is 13.4. The Morgan fingerprint density at radius 3 is 2.50 bits per heavy atom. The second kappa shape index (κ2) is 9.49. The molecule has 7 nitrogen and oxygen atoms in total. The summed E-state index contributed by atoms with van der Waals surface area (Å²) in [7, 11) is 0. The van der Waals surface area contributed by atoms with Crippen LogP contribution in [0, 0.1) is 5.92 Å². The summed E-state index contributed by atoms with van der Waals surface area (Å²) in [6.45, 7) is 3.90. The van der Waals surface area contributed by atoms with Gasteiger partial charge in [0.25, 0.3) is 0 Å². The quantitative estimate of drug-likeness (QED) is 0.694. The molecule has 3 amide bonds. The fourth-order valence-electron chi connectivity index (χ4n) is 3.65. The number of hydrogen-bond acceptors (Lipinski definition) is 5. The standard InChI is InChI=1S/C20H30N4O3S/c1-13(2)21-17(25)10-15-12-28-20(22-15)23-18(26)11-24(16-8-9-16)19(27)14-6-4-3-5-7-14/h12-14,16H,3-11H2,1-2H3,(H,21,25)(H,22,23,26). The number of thiazole rings is 1. The van der Waals surface area contributed by atoms with Gasteiger partial charge in [-0.2, -0.15) is 0 Å². The van der Waals surface area contributed by atoms with Gasteiger partial charge in [0, 0.05) is 23.4 Å². The Balaban J connectivity index is 1.52. The molecule has 2 fully saturated rings. The first kappa shape index (κ1) is 20.8. The van der Waals surface area contributed by atoms with Crippen molar-refractivity contribution in [2.24, 2.45) is 5.92 Å². The summed E-state index contributed by atoms with van der Waals surface area (Å²) in [6.07, 6.45) is 7.46. The number of carbonyl (C=O) groups excluding carboxylic acids is 3. The molecule has 2 N–H and O–H groups in total. The fourth-order valence-corrected chi connectivity index (χ4v) is 4.38. The molecule has 0 atom stereocenters. The molecule has 0 saturated heterocycles. The molecule has 0 aromatic carbocycles. The zero-order valence-electron chi connectivity index (χ0n) is 16.7. The summed E-state index contributed by atoms with van der Waals surface area (Å²) in [5.41, 5.74) is 0.635. The van der Waals surface area contributed by atoms with E-state index in [9.17, 15) is 14.4 Å². The lowest BCUT2D eigenvalue weighted by Crippen LogP contribution is -2.43. The second-order valence-electron chi connectivity index (χ2n) is 8.12. The van der Waals surface area contributed by atoms with Gasteiger partial charge in [0.15, 0.2) is 5.13 Å². The van der Waals surface area contributed by atoms with E-state index in [-0.39, 0.29) is 48.7 Å². The summed E-state index contributed by atoms with van der Waals surface area (Å²) in [6, 6.07) is 0.298. The minimum absolute atomic E-state index is 0.0769. The lowest BCUT2D eigenvalue weighted by Gasteiger charge is -2.28. The molecule has 1 aromatic rings. The molecule has 1 aromatic heterocycles. The lowest BCUT2D eigenvalue weighted by molar-refractivity contribution is -0.139. The van der Waals surface area contributed by atoms with E-state index < -0.39 is 0 Å². The Morgan fingerprint density at radius 2 is 1.86 bits per heavy atom. The van der Waals surface area contributed by atoms with Gasteiger partial charge in [-0.15, -0.1) is 11.3 Å². The number of aromatic nitrogens is 1. The Bertz CT molecular complexity index is 708. The van der Waals surface area contributed by atoms with Crippen LogP contribution < -0.4 is 10.6 Å². The molecule has 154 valence electrons. The molecular formula is C20H30N4O3S. The highest BCUT2D eigenvalue weighted by Crippen LogP contribution is 2.32. The van der Waals surface area contributed by atoms with Crippen LogP contribution >= 0.6 is 11.3 Å². The van der Waals surface area contributed by atoms with Crippen molar-refractivity contribution in [3.63, 3.8) is 0 Å². The SMILES string of the molecule is CC(C)NC(=O)Cc1csc(NC(=O)CN(C(=O)C2CCCCC2)C2CC2)n1. The first-order valence-electron chi connectivity index (χ1n) is 10.3. The molecule has 3 rings (SSSR count). The molecule has 0 unspecified atom stereocenters. The summed E-state index contributed by atoms with van der Waals surface area (Å²) < 4.78 is 0. The Hall–Kier alpha value is -1.96. The average Bonchev–Trinajstić information content (AvgIpc) is 3.40. The fraction of sp³-hybridized carbons (Fsp3) is 0.700. The van der Waals surface area contributed by atoms with E-state index in [4.69, 9.17) is 0 Å². The zero-order chi connectivity index (χ0) is 20.1. The van der Waals surface area contributed by atoms with Crippen molar-refractivity contribution in [1.82, 2.24) is 15.2 Å². The number of amides is 3. The third-order valence-electron chi connectivity index (χ3n) is 5.13. The molecule has 1 heterocycles. The molecule has 0 bridgehead atoms. The van der Waals surface area contributed by atoms with Gasteiger partial charge in [-0.05, 0) is 39.5 Å². The van der Waals surface area contributed by atoms with Crippen LogP contribution in [-0.2, 0) is 20.8 Å². The van der Waals surface area contributed by atoms with Crippen molar-refractivity contribution in [2.45, 2.75) is 77.3 Å². The van der Waals surface area contributed by atoms with Crippen molar-refractivity contribution >= 4 is 34.2 Å². The van der Waals surface area contributed by atoms with E-state index in [1.165, 1.54) is 17.8 Å². The molecular weight excluding hydrogens is 376 g/mol. The topological polar surface area (TPSA) is 91.4 Å². The minimum Gasteiger partial charge on any atom is -0.354 e. The molecule has 8 heteroatoms. The molecule has 2 saturated carbocycles. The van der Waals surface area contributed by atoms with E-state index in [0.29, 0.717) is 10.8 Å². The number of nitrogens with zero attached hydrogens (tertiary/aromatic N) is 2. The number of hydrogen-bond donors (Lipinski definition) is 2. The van der Waals surface area contributed by atoms with Gasteiger partial charge in [0.05, 0.1) is 12.1 Å². The minimum atomic E-state index is -0.219. The van der Waals surface area contributed by atoms with Crippen LogP contribution in [0.5, 0.6) is 0 Å². The summed E-state index contributed by atoms with van der Waals surface area (Å²) >= 11 is 1.30. The van der Waals surface area contributed by atoms with Crippen molar-refractivity contribution in [3.8, 4) is 0 Å². The predicted molar refractivity (Wildman–Crippen MR) is 109 cm³/mol. The van der Waals surface area contributed by atoms with Crippen molar-refractivity contribution in [2.75, 3.05) is 11.9 Å². The van der Waals surface area contributed by atoms with Crippen LogP contribution in [0.3, 0.4) is 0 Å². The first-order valence-corrected chi connectivity index (χ1v) is 11.1. The highest BCUT2D eigenvalue weighted by molar-refractivity contribution is 7.13. The molecule has 0 radical (unpaired) electrons. The highest BCUT2D eigenvalue weighted by Gasteiger charge is 2.37. The molecule has 2 aliphatic rings. The van der Waals surface area contributed by atoms with E-state index in [1.807, 2.05) is 13.8 Å². The van der Waals surface area contributed by atoms with Crippen LogP contribution in [0.1, 0.15) is 64.5 Å². The number of anilines is 1. The summed E-state index contributed by atoms with van der Waals surface area (Å²) in [4.78, 5) is 43.3. The largest absolute Gasteiger partial charge is 0.354 e. The van der Waals surface area contributed by atoms with Gasteiger partial charge >= 0.3 is 0 Å². The molecule has 2 aliphatic carbocycles. The smallest absolute Gasteiger partial charge is 0.245 e. The van der Waals surface area contributed by atoms with Crippen LogP contribution in [0.15, 0.2) is 5.38 Å².